The Labute approximate surface area is 205 Å². The highest BCUT2D eigenvalue weighted by atomic mass is 32.2. The zero-order chi connectivity index (χ0) is 24.8. The minimum absolute atomic E-state index is 0.0167. The van der Waals surface area contributed by atoms with Gasteiger partial charge in [-0.05, 0) is 67.4 Å². The summed E-state index contributed by atoms with van der Waals surface area (Å²) >= 11 is 0. The number of aromatic nitrogens is 1. The molecule has 2 amide bonds. The summed E-state index contributed by atoms with van der Waals surface area (Å²) in [6.45, 7) is 0. The largest absolute Gasteiger partial charge is 0.322 e. The molecular formula is C26H28N4O4S. The van der Waals surface area contributed by atoms with E-state index in [0.717, 1.165) is 32.1 Å². The average molecular weight is 493 g/mol. The fourth-order valence-corrected chi connectivity index (χ4v) is 5.59. The molecule has 1 saturated carbocycles. The van der Waals surface area contributed by atoms with Crippen molar-refractivity contribution in [2.45, 2.75) is 43.0 Å². The molecule has 35 heavy (non-hydrogen) atoms. The SMILES string of the molecule is CN(C1CCCCC1)S(=O)(=O)c1ccc(C(=O)Nc2cccc(NC(=O)c3ccncc3)c2)cc1. The predicted octanol–water partition coefficient (Wildman–Crippen LogP) is 4.54. The number of nitrogens with zero attached hydrogens (tertiary/aromatic N) is 2. The topological polar surface area (TPSA) is 108 Å². The van der Waals surface area contributed by atoms with Crippen molar-refractivity contribution in [3.63, 3.8) is 0 Å². The summed E-state index contributed by atoms with van der Waals surface area (Å²) in [4.78, 5) is 29.2. The van der Waals surface area contributed by atoms with Crippen LogP contribution in [0.3, 0.4) is 0 Å². The Morgan fingerprint density at radius 2 is 1.37 bits per heavy atom. The molecule has 2 aromatic carbocycles. The highest BCUT2D eigenvalue weighted by molar-refractivity contribution is 7.89. The number of amides is 2. The maximum Gasteiger partial charge on any atom is 0.255 e. The maximum atomic E-state index is 13.0. The number of hydrogen-bond acceptors (Lipinski definition) is 5. The normalized spacial score (nSPS) is 14.5. The number of pyridine rings is 1. The molecule has 0 saturated heterocycles. The fourth-order valence-electron chi connectivity index (χ4n) is 4.17. The summed E-state index contributed by atoms with van der Waals surface area (Å²) in [7, 11) is -1.99. The number of rotatable bonds is 7. The smallest absolute Gasteiger partial charge is 0.255 e. The van der Waals surface area contributed by atoms with Gasteiger partial charge in [0.2, 0.25) is 10.0 Å². The van der Waals surface area contributed by atoms with Gasteiger partial charge in [-0.25, -0.2) is 8.42 Å². The van der Waals surface area contributed by atoms with Crippen molar-refractivity contribution in [1.29, 1.82) is 0 Å². The Bertz CT molecular complexity index is 1290. The van der Waals surface area contributed by atoms with Gasteiger partial charge in [0.25, 0.3) is 11.8 Å². The Morgan fingerprint density at radius 1 is 0.829 bits per heavy atom. The second-order valence-electron chi connectivity index (χ2n) is 8.56. The summed E-state index contributed by atoms with van der Waals surface area (Å²) in [6.07, 6.45) is 8.05. The number of anilines is 2. The molecule has 8 nitrogen and oxygen atoms in total. The molecule has 9 heteroatoms. The molecule has 4 rings (SSSR count). The minimum Gasteiger partial charge on any atom is -0.322 e. The third-order valence-electron chi connectivity index (χ3n) is 6.20. The number of sulfonamides is 1. The maximum absolute atomic E-state index is 13.0. The molecule has 0 radical (unpaired) electrons. The van der Waals surface area contributed by atoms with E-state index in [9.17, 15) is 18.0 Å². The molecule has 0 atom stereocenters. The van der Waals surface area contributed by atoms with Crippen LogP contribution in [0.2, 0.25) is 0 Å². The van der Waals surface area contributed by atoms with Crippen LogP contribution in [0.15, 0.2) is 78.0 Å². The van der Waals surface area contributed by atoms with Gasteiger partial charge in [-0.2, -0.15) is 4.31 Å². The van der Waals surface area contributed by atoms with Gasteiger partial charge in [0.15, 0.2) is 0 Å². The molecular weight excluding hydrogens is 464 g/mol. The number of benzene rings is 2. The van der Waals surface area contributed by atoms with Crippen LogP contribution in [0.4, 0.5) is 11.4 Å². The summed E-state index contributed by atoms with van der Waals surface area (Å²) in [5, 5.41) is 5.57. The van der Waals surface area contributed by atoms with Gasteiger partial charge in [-0.3, -0.25) is 14.6 Å². The Morgan fingerprint density at radius 3 is 1.94 bits per heavy atom. The number of carbonyl (C=O) groups is 2. The van der Waals surface area contributed by atoms with E-state index in [1.54, 1.807) is 43.4 Å². The van der Waals surface area contributed by atoms with Crippen LogP contribution in [0.1, 0.15) is 52.8 Å². The van der Waals surface area contributed by atoms with Gasteiger partial charge in [-0.15, -0.1) is 0 Å². The Hall–Kier alpha value is -3.56. The van der Waals surface area contributed by atoms with E-state index in [1.807, 2.05) is 0 Å². The lowest BCUT2D eigenvalue weighted by Gasteiger charge is -2.30. The lowest BCUT2D eigenvalue weighted by atomic mass is 9.96. The van der Waals surface area contributed by atoms with Crippen LogP contribution >= 0.6 is 0 Å². The van der Waals surface area contributed by atoms with Crippen LogP contribution < -0.4 is 10.6 Å². The Kier molecular flexibility index (Phi) is 7.57. The Balaban J connectivity index is 1.41. The molecule has 2 N–H and O–H groups in total. The van der Waals surface area contributed by atoms with Crippen LogP contribution in [0.25, 0.3) is 0 Å². The molecule has 0 aliphatic heterocycles. The second kappa shape index (κ2) is 10.8. The number of hydrogen-bond donors (Lipinski definition) is 2. The average Bonchev–Trinajstić information content (AvgIpc) is 2.89. The zero-order valence-electron chi connectivity index (χ0n) is 19.5. The van der Waals surface area contributed by atoms with Crippen molar-refractivity contribution in [2.75, 3.05) is 17.7 Å². The molecule has 1 aliphatic carbocycles. The molecule has 0 spiro atoms. The van der Waals surface area contributed by atoms with Crippen molar-refractivity contribution in [1.82, 2.24) is 9.29 Å². The van der Waals surface area contributed by atoms with E-state index in [1.165, 1.54) is 41.0 Å². The summed E-state index contributed by atoms with van der Waals surface area (Å²) in [6, 6.07) is 16.0. The first kappa shape index (κ1) is 24.6. The van der Waals surface area contributed by atoms with E-state index in [-0.39, 0.29) is 22.8 Å². The van der Waals surface area contributed by atoms with E-state index in [2.05, 4.69) is 15.6 Å². The highest BCUT2D eigenvalue weighted by Gasteiger charge is 2.29. The van der Waals surface area contributed by atoms with Crippen LogP contribution in [-0.2, 0) is 10.0 Å². The van der Waals surface area contributed by atoms with Gasteiger partial charge < -0.3 is 10.6 Å². The molecule has 1 aliphatic rings. The quantitative estimate of drug-likeness (QED) is 0.503. The molecule has 1 fully saturated rings. The molecule has 1 aromatic heterocycles. The summed E-state index contributed by atoms with van der Waals surface area (Å²) in [5.74, 6) is -0.668. The van der Waals surface area contributed by atoms with Crippen molar-refractivity contribution < 1.29 is 18.0 Å². The molecule has 0 bridgehead atoms. The molecule has 182 valence electrons. The molecule has 1 heterocycles. The fraction of sp³-hybridized carbons (Fsp3) is 0.269. The second-order valence-corrected chi connectivity index (χ2v) is 10.6. The van der Waals surface area contributed by atoms with E-state index < -0.39 is 10.0 Å². The lowest BCUT2D eigenvalue weighted by Crippen LogP contribution is -2.38. The third kappa shape index (κ3) is 5.93. The van der Waals surface area contributed by atoms with Crippen LogP contribution in [0.5, 0.6) is 0 Å². The predicted molar refractivity (Wildman–Crippen MR) is 135 cm³/mol. The van der Waals surface area contributed by atoms with E-state index >= 15 is 0 Å². The summed E-state index contributed by atoms with van der Waals surface area (Å²) < 4.78 is 27.5. The van der Waals surface area contributed by atoms with Gasteiger partial charge in [0.05, 0.1) is 4.90 Å². The standard InChI is InChI=1S/C26H28N4O4S/c1-30(23-8-3-2-4-9-23)35(33,34)24-12-10-19(11-13-24)25(31)28-21-6-5-7-22(18-21)29-26(32)20-14-16-27-17-15-20/h5-7,10-18,23H,2-4,8-9H2,1H3,(H,28,31)(H,29,32). The van der Waals surface area contributed by atoms with Gasteiger partial charge in [-0.1, -0.05) is 25.3 Å². The van der Waals surface area contributed by atoms with Crippen molar-refractivity contribution in [2.24, 2.45) is 0 Å². The third-order valence-corrected chi connectivity index (χ3v) is 8.13. The first-order valence-electron chi connectivity index (χ1n) is 11.6. The zero-order valence-corrected chi connectivity index (χ0v) is 20.3. The number of carbonyl (C=O) groups excluding carboxylic acids is 2. The molecule has 0 unspecified atom stereocenters. The first-order valence-corrected chi connectivity index (χ1v) is 13.0. The van der Waals surface area contributed by atoms with Gasteiger partial charge >= 0.3 is 0 Å². The highest BCUT2D eigenvalue weighted by Crippen LogP contribution is 2.26. The van der Waals surface area contributed by atoms with Crippen LogP contribution in [0, 0.1) is 0 Å². The monoisotopic (exact) mass is 492 g/mol. The minimum atomic E-state index is -3.62. The van der Waals surface area contributed by atoms with E-state index in [0.29, 0.717) is 22.5 Å². The van der Waals surface area contributed by atoms with Gasteiger partial charge in [0.1, 0.15) is 0 Å². The van der Waals surface area contributed by atoms with Crippen molar-refractivity contribution in [3.8, 4) is 0 Å². The van der Waals surface area contributed by atoms with E-state index in [4.69, 9.17) is 0 Å². The summed E-state index contributed by atoms with van der Waals surface area (Å²) in [5.41, 5.74) is 1.82. The van der Waals surface area contributed by atoms with Crippen molar-refractivity contribution >= 4 is 33.2 Å². The molecule has 3 aromatic rings. The first-order chi connectivity index (χ1) is 16.8. The van der Waals surface area contributed by atoms with Crippen LogP contribution in [-0.4, -0.2) is 42.6 Å². The van der Waals surface area contributed by atoms with Crippen molar-refractivity contribution in [3.05, 3.63) is 84.2 Å². The lowest BCUT2D eigenvalue weighted by molar-refractivity contribution is 0.101. The van der Waals surface area contributed by atoms with Gasteiger partial charge in [0, 0.05) is 48.0 Å². The number of nitrogens with one attached hydrogen (secondary N) is 2.